The summed E-state index contributed by atoms with van der Waals surface area (Å²) in [4.78, 5) is 0. The highest BCUT2D eigenvalue weighted by Gasteiger charge is 2.45. The van der Waals surface area contributed by atoms with E-state index in [1.165, 1.54) is 4.31 Å². The van der Waals surface area contributed by atoms with Crippen LogP contribution in [0.15, 0.2) is 0 Å². The minimum absolute atomic E-state index is 0.00656. The van der Waals surface area contributed by atoms with Gasteiger partial charge in [0.2, 0.25) is 10.0 Å². The highest BCUT2D eigenvalue weighted by molar-refractivity contribution is 7.89. The van der Waals surface area contributed by atoms with Crippen LogP contribution in [-0.2, 0) is 14.8 Å². The summed E-state index contributed by atoms with van der Waals surface area (Å²) in [5.41, 5.74) is -0.805. The zero-order valence-corrected chi connectivity index (χ0v) is 11.7. The molecule has 1 rings (SSSR count). The van der Waals surface area contributed by atoms with E-state index in [9.17, 15) is 13.5 Å². The fourth-order valence-electron chi connectivity index (χ4n) is 1.95. The van der Waals surface area contributed by atoms with Crippen LogP contribution in [0.5, 0.6) is 0 Å². The number of β-amino-alcohol motifs (C(OH)–C–C–N with tert-alkyl or cyclic N) is 1. The van der Waals surface area contributed by atoms with Gasteiger partial charge >= 0.3 is 0 Å². The summed E-state index contributed by atoms with van der Waals surface area (Å²) in [6.07, 6.45) is 1.56. The van der Waals surface area contributed by atoms with Crippen molar-refractivity contribution >= 4 is 10.0 Å². The second-order valence-electron chi connectivity index (χ2n) is 4.98. The molecule has 0 atom stereocenters. The Hall–Kier alpha value is -0.170. The van der Waals surface area contributed by atoms with Crippen molar-refractivity contribution in [3.63, 3.8) is 0 Å². The fraction of sp³-hybridized carbons (Fsp3) is 1.00. The van der Waals surface area contributed by atoms with Gasteiger partial charge in [-0.05, 0) is 20.3 Å². The minimum Gasteiger partial charge on any atom is -0.387 e. The van der Waals surface area contributed by atoms with Crippen LogP contribution in [0.1, 0.15) is 33.6 Å². The van der Waals surface area contributed by atoms with E-state index in [0.717, 1.165) is 6.42 Å². The molecular formula is C11H23NO4S. The molecule has 5 nitrogen and oxygen atoms in total. The van der Waals surface area contributed by atoms with Crippen molar-refractivity contribution < 1.29 is 18.3 Å². The fourth-order valence-corrected chi connectivity index (χ4v) is 3.39. The minimum atomic E-state index is -3.26. The highest BCUT2D eigenvalue weighted by Crippen LogP contribution is 2.28. The van der Waals surface area contributed by atoms with Crippen molar-refractivity contribution in [3.8, 4) is 0 Å². The molecule has 0 aliphatic carbocycles. The third-order valence-corrected chi connectivity index (χ3v) is 4.57. The molecule has 1 saturated heterocycles. The predicted octanol–water partition coefficient (Wildman–Crippen LogP) is 0.588. The maximum absolute atomic E-state index is 11.8. The van der Waals surface area contributed by atoms with Crippen LogP contribution < -0.4 is 0 Å². The maximum atomic E-state index is 11.8. The van der Waals surface area contributed by atoms with Gasteiger partial charge in [0, 0.05) is 13.1 Å². The van der Waals surface area contributed by atoms with Crippen LogP contribution in [-0.4, -0.2) is 55.0 Å². The molecule has 0 unspecified atom stereocenters. The number of aliphatic hydroxyl groups is 1. The standard InChI is InChI=1S/C11H23NO4S/c1-4-5-11(13)8-12(9-11)17(14,15)7-6-16-10(2)3/h10,13H,4-9H2,1-3H3. The Morgan fingerprint density at radius 3 is 2.47 bits per heavy atom. The quantitative estimate of drug-likeness (QED) is 0.731. The van der Waals surface area contributed by atoms with Crippen molar-refractivity contribution in [3.05, 3.63) is 0 Å². The van der Waals surface area contributed by atoms with Gasteiger partial charge in [-0.3, -0.25) is 0 Å². The predicted molar refractivity (Wildman–Crippen MR) is 66.3 cm³/mol. The number of rotatable bonds is 7. The summed E-state index contributed by atoms with van der Waals surface area (Å²) in [5.74, 6) is -0.00656. The first-order valence-corrected chi connectivity index (χ1v) is 7.72. The molecule has 0 spiro atoms. The average molecular weight is 265 g/mol. The normalized spacial score (nSPS) is 20.5. The smallest absolute Gasteiger partial charge is 0.216 e. The zero-order chi connectivity index (χ0) is 13.1. The Morgan fingerprint density at radius 1 is 1.41 bits per heavy atom. The maximum Gasteiger partial charge on any atom is 0.216 e. The van der Waals surface area contributed by atoms with Crippen LogP contribution in [0, 0.1) is 0 Å². The topological polar surface area (TPSA) is 66.8 Å². The average Bonchev–Trinajstić information content (AvgIpc) is 2.13. The Kier molecular flexibility index (Phi) is 4.95. The Bertz CT molecular complexity index is 333. The summed E-state index contributed by atoms with van der Waals surface area (Å²) < 4.78 is 30.2. The summed E-state index contributed by atoms with van der Waals surface area (Å²) >= 11 is 0. The molecule has 1 heterocycles. The number of hydrogen-bond acceptors (Lipinski definition) is 4. The van der Waals surface area contributed by atoms with Gasteiger partial charge in [-0.15, -0.1) is 0 Å². The molecule has 1 aliphatic rings. The molecule has 1 aliphatic heterocycles. The first-order valence-electron chi connectivity index (χ1n) is 6.11. The molecule has 17 heavy (non-hydrogen) atoms. The third kappa shape index (κ3) is 4.21. The summed E-state index contributed by atoms with van der Waals surface area (Å²) in [7, 11) is -3.26. The van der Waals surface area contributed by atoms with Gasteiger partial charge in [0.05, 0.1) is 24.1 Å². The van der Waals surface area contributed by atoms with Crippen LogP contribution >= 0.6 is 0 Å². The molecule has 0 saturated carbocycles. The van der Waals surface area contributed by atoms with Crippen LogP contribution in [0.25, 0.3) is 0 Å². The van der Waals surface area contributed by atoms with E-state index in [0.29, 0.717) is 6.42 Å². The van der Waals surface area contributed by atoms with Crippen molar-refractivity contribution in [2.75, 3.05) is 25.4 Å². The summed E-state index contributed by atoms with van der Waals surface area (Å²) in [5, 5.41) is 9.92. The lowest BCUT2D eigenvalue weighted by molar-refractivity contribution is -0.0655. The summed E-state index contributed by atoms with van der Waals surface area (Å²) in [6.45, 7) is 6.39. The molecule has 0 bridgehead atoms. The number of sulfonamides is 1. The van der Waals surface area contributed by atoms with E-state index in [1.807, 2.05) is 20.8 Å². The van der Waals surface area contributed by atoms with Crippen LogP contribution in [0.4, 0.5) is 0 Å². The Balaban J connectivity index is 2.36. The lowest BCUT2D eigenvalue weighted by Gasteiger charge is -2.45. The van der Waals surface area contributed by atoms with E-state index in [-0.39, 0.29) is 31.6 Å². The highest BCUT2D eigenvalue weighted by atomic mass is 32.2. The van der Waals surface area contributed by atoms with Gasteiger partial charge < -0.3 is 9.84 Å². The van der Waals surface area contributed by atoms with Gasteiger partial charge in [0.15, 0.2) is 0 Å². The van der Waals surface area contributed by atoms with E-state index >= 15 is 0 Å². The molecule has 1 N–H and O–H groups in total. The second-order valence-corrected chi connectivity index (χ2v) is 7.07. The second kappa shape index (κ2) is 5.65. The van der Waals surface area contributed by atoms with E-state index < -0.39 is 15.6 Å². The lowest BCUT2D eigenvalue weighted by Crippen LogP contribution is -2.63. The van der Waals surface area contributed by atoms with Gasteiger partial charge in [0.1, 0.15) is 0 Å². The molecule has 6 heteroatoms. The van der Waals surface area contributed by atoms with Crippen molar-refractivity contribution in [2.24, 2.45) is 0 Å². The van der Waals surface area contributed by atoms with Crippen molar-refractivity contribution in [1.82, 2.24) is 4.31 Å². The lowest BCUT2D eigenvalue weighted by atomic mass is 9.92. The van der Waals surface area contributed by atoms with E-state index in [1.54, 1.807) is 0 Å². The van der Waals surface area contributed by atoms with Gasteiger partial charge in [-0.1, -0.05) is 13.3 Å². The Morgan fingerprint density at radius 2 is 2.00 bits per heavy atom. The molecule has 0 aromatic carbocycles. The van der Waals surface area contributed by atoms with Crippen LogP contribution in [0.3, 0.4) is 0 Å². The van der Waals surface area contributed by atoms with Gasteiger partial charge in [-0.25, -0.2) is 8.42 Å². The zero-order valence-electron chi connectivity index (χ0n) is 10.8. The molecule has 0 aromatic heterocycles. The first kappa shape index (κ1) is 14.9. The van der Waals surface area contributed by atoms with Crippen molar-refractivity contribution in [2.45, 2.75) is 45.3 Å². The Labute approximate surface area is 104 Å². The summed E-state index contributed by atoms with van der Waals surface area (Å²) in [6, 6.07) is 0. The molecule has 1 fully saturated rings. The van der Waals surface area contributed by atoms with E-state index in [2.05, 4.69) is 0 Å². The van der Waals surface area contributed by atoms with Gasteiger partial charge in [-0.2, -0.15) is 4.31 Å². The molecule has 0 aromatic rings. The number of ether oxygens (including phenoxy) is 1. The van der Waals surface area contributed by atoms with Gasteiger partial charge in [0.25, 0.3) is 0 Å². The molecular weight excluding hydrogens is 242 g/mol. The number of hydrogen-bond donors (Lipinski definition) is 1. The van der Waals surface area contributed by atoms with Crippen molar-refractivity contribution in [1.29, 1.82) is 0 Å². The SMILES string of the molecule is CCCC1(O)CN(S(=O)(=O)CCOC(C)C)C1. The molecule has 0 amide bonds. The first-order chi connectivity index (χ1) is 7.79. The number of nitrogens with zero attached hydrogens (tertiary/aromatic N) is 1. The molecule has 0 radical (unpaired) electrons. The largest absolute Gasteiger partial charge is 0.387 e. The monoisotopic (exact) mass is 265 g/mol. The third-order valence-electron chi connectivity index (χ3n) is 2.84. The van der Waals surface area contributed by atoms with E-state index in [4.69, 9.17) is 4.74 Å². The molecule has 102 valence electrons. The van der Waals surface area contributed by atoms with Crippen LogP contribution in [0.2, 0.25) is 0 Å².